The molecule has 0 bridgehead atoms. The molecule has 3 heteroatoms. The predicted octanol–water partition coefficient (Wildman–Crippen LogP) is 2.25. The number of methoxy groups -OCH3 is 1. The summed E-state index contributed by atoms with van der Waals surface area (Å²) in [5.41, 5.74) is 5.99. The smallest absolute Gasteiger partial charge is 0.0589 e. The molecule has 3 nitrogen and oxygen atoms in total. The van der Waals surface area contributed by atoms with E-state index in [4.69, 9.17) is 10.5 Å². The third-order valence-electron chi connectivity index (χ3n) is 4.98. The Kier molecular flexibility index (Phi) is 5.46. The lowest BCUT2D eigenvalue weighted by Crippen LogP contribution is -2.50. The molecule has 18 heavy (non-hydrogen) atoms. The molecular formula is C15H30N2O. The molecule has 0 aromatic carbocycles. The van der Waals surface area contributed by atoms with Crippen LogP contribution in [0.4, 0.5) is 0 Å². The van der Waals surface area contributed by atoms with Crippen LogP contribution in [0.1, 0.15) is 45.4 Å². The van der Waals surface area contributed by atoms with E-state index in [0.29, 0.717) is 12.0 Å². The highest BCUT2D eigenvalue weighted by molar-refractivity contribution is 4.92. The molecule has 2 rings (SSSR count). The van der Waals surface area contributed by atoms with Crippen LogP contribution in [0.5, 0.6) is 0 Å². The van der Waals surface area contributed by atoms with Gasteiger partial charge in [0.05, 0.1) is 6.61 Å². The maximum absolute atomic E-state index is 5.99. The van der Waals surface area contributed by atoms with Crippen molar-refractivity contribution in [1.82, 2.24) is 4.90 Å². The molecule has 0 aromatic rings. The Bertz CT molecular complexity index is 243. The Balaban J connectivity index is 1.99. The first-order chi connectivity index (χ1) is 8.77. The van der Waals surface area contributed by atoms with Gasteiger partial charge in [0.15, 0.2) is 0 Å². The van der Waals surface area contributed by atoms with Crippen LogP contribution in [0.25, 0.3) is 0 Å². The summed E-state index contributed by atoms with van der Waals surface area (Å²) < 4.78 is 5.31. The van der Waals surface area contributed by atoms with Gasteiger partial charge in [0.2, 0.25) is 0 Å². The molecule has 0 aromatic heterocycles. The van der Waals surface area contributed by atoms with E-state index in [1.54, 1.807) is 7.11 Å². The molecule has 3 unspecified atom stereocenters. The molecule has 106 valence electrons. The van der Waals surface area contributed by atoms with Crippen molar-refractivity contribution in [2.45, 2.75) is 57.5 Å². The summed E-state index contributed by atoms with van der Waals surface area (Å²) in [5, 5.41) is 0. The first-order valence-corrected chi connectivity index (χ1v) is 7.72. The lowest BCUT2D eigenvalue weighted by Gasteiger charge is -2.43. The van der Waals surface area contributed by atoms with E-state index in [0.717, 1.165) is 31.7 Å². The molecular weight excluding hydrogens is 224 g/mol. The maximum atomic E-state index is 5.99. The average Bonchev–Trinajstić information content (AvgIpc) is 3.23. The van der Waals surface area contributed by atoms with E-state index in [1.165, 1.54) is 38.5 Å². The van der Waals surface area contributed by atoms with Gasteiger partial charge < -0.3 is 10.5 Å². The molecule has 0 radical (unpaired) electrons. The monoisotopic (exact) mass is 254 g/mol. The van der Waals surface area contributed by atoms with Crippen molar-refractivity contribution in [3.05, 3.63) is 0 Å². The Morgan fingerprint density at radius 3 is 2.56 bits per heavy atom. The third kappa shape index (κ3) is 3.46. The summed E-state index contributed by atoms with van der Waals surface area (Å²) >= 11 is 0. The molecule has 0 aliphatic heterocycles. The van der Waals surface area contributed by atoms with Gasteiger partial charge in [-0.2, -0.15) is 0 Å². The molecule has 0 amide bonds. The molecule has 0 spiro atoms. The first-order valence-electron chi connectivity index (χ1n) is 7.72. The lowest BCUT2D eigenvalue weighted by atomic mass is 9.82. The average molecular weight is 254 g/mol. The van der Waals surface area contributed by atoms with Gasteiger partial charge in [-0.25, -0.2) is 0 Å². The van der Waals surface area contributed by atoms with E-state index in [1.807, 2.05) is 0 Å². The summed E-state index contributed by atoms with van der Waals surface area (Å²) in [6, 6.07) is 1.42. The van der Waals surface area contributed by atoms with Gasteiger partial charge in [-0.1, -0.05) is 12.8 Å². The summed E-state index contributed by atoms with van der Waals surface area (Å²) in [7, 11) is 1.81. The largest absolute Gasteiger partial charge is 0.383 e. The van der Waals surface area contributed by atoms with Crippen LogP contribution in [0.15, 0.2) is 0 Å². The summed E-state index contributed by atoms with van der Waals surface area (Å²) in [5.74, 6) is 1.64. The van der Waals surface area contributed by atoms with Crippen molar-refractivity contribution in [2.75, 3.05) is 26.8 Å². The Hall–Kier alpha value is -0.120. The fraction of sp³-hybridized carbons (Fsp3) is 1.00. The van der Waals surface area contributed by atoms with Gasteiger partial charge in [-0.05, 0) is 51.0 Å². The zero-order chi connectivity index (χ0) is 13.0. The molecule has 3 atom stereocenters. The second kappa shape index (κ2) is 6.88. The number of ether oxygens (including phenoxy) is 1. The van der Waals surface area contributed by atoms with Crippen molar-refractivity contribution in [3.8, 4) is 0 Å². The quantitative estimate of drug-likeness (QED) is 0.757. The van der Waals surface area contributed by atoms with Crippen LogP contribution in [0.2, 0.25) is 0 Å². The van der Waals surface area contributed by atoms with Crippen LogP contribution in [-0.4, -0.2) is 43.8 Å². The minimum Gasteiger partial charge on any atom is -0.383 e. The third-order valence-corrected chi connectivity index (χ3v) is 4.98. The Labute approximate surface area is 112 Å². The minimum absolute atomic E-state index is 0.703. The normalized spacial score (nSPS) is 30.7. The van der Waals surface area contributed by atoms with Gasteiger partial charge in [0.25, 0.3) is 0 Å². The Morgan fingerprint density at radius 1 is 1.22 bits per heavy atom. The molecule has 2 N–H and O–H groups in total. The summed E-state index contributed by atoms with van der Waals surface area (Å²) in [4.78, 5) is 2.72. The predicted molar refractivity (Wildman–Crippen MR) is 75.6 cm³/mol. The van der Waals surface area contributed by atoms with Crippen molar-refractivity contribution in [2.24, 2.45) is 17.6 Å². The van der Waals surface area contributed by atoms with E-state index in [2.05, 4.69) is 11.8 Å². The van der Waals surface area contributed by atoms with E-state index < -0.39 is 0 Å². The highest BCUT2D eigenvalue weighted by atomic mass is 16.5. The fourth-order valence-electron chi connectivity index (χ4n) is 3.62. The Morgan fingerprint density at radius 2 is 1.94 bits per heavy atom. The fourth-order valence-corrected chi connectivity index (χ4v) is 3.62. The van der Waals surface area contributed by atoms with Crippen LogP contribution >= 0.6 is 0 Å². The second-order valence-electron chi connectivity index (χ2n) is 6.16. The molecule has 2 aliphatic carbocycles. The highest BCUT2D eigenvalue weighted by Crippen LogP contribution is 2.38. The molecule has 2 aliphatic rings. The molecule has 2 saturated carbocycles. The number of rotatable bonds is 7. The van der Waals surface area contributed by atoms with Crippen molar-refractivity contribution in [1.29, 1.82) is 0 Å². The molecule has 0 heterocycles. The standard InChI is InChI=1S/C15H30N2O/c1-12(13-7-8-13)17(9-10-18-2)15-6-4-3-5-14(15)11-16/h12-15H,3-11,16H2,1-2H3. The van der Waals surface area contributed by atoms with Gasteiger partial charge in [-0.15, -0.1) is 0 Å². The van der Waals surface area contributed by atoms with Crippen molar-refractivity contribution >= 4 is 0 Å². The van der Waals surface area contributed by atoms with Crippen LogP contribution < -0.4 is 5.73 Å². The second-order valence-corrected chi connectivity index (χ2v) is 6.16. The number of nitrogens with zero attached hydrogens (tertiary/aromatic N) is 1. The summed E-state index contributed by atoms with van der Waals surface area (Å²) in [6.45, 7) is 5.20. The van der Waals surface area contributed by atoms with Gasteiger partial charge in [0.1, 0.15) is 0 Å². The van der Waals surface area contributed by atoms with Gasteiger partial charge in [0, 0.05) is 25.7 Å². The zero-order valence-corrected chi connectivity index (χ0v) is 12.1. The lowest BCUT2D eigenvalue weighted by molar-refractivity contribution is 0.0382. The van der Waals surface area contributed by atoms with E-state index >= 15 is 0 Å². The van der Waals surface area contributed by atoms with Crippen molar-refractivity contribution < 1.29 is 4.74 Å². The maximum Gasteiger partial charge on any atom is 0.0589 e. The van der Waals surface area contributed by atoms with Crippen molar-refractivity contribution in [3.63, 3.8) is 0 Å². The van der Waals surface area contributed by atoms with E-state index in [9.17, 15) is 0 Å². The first kappa shape index (κ1) is 14.3. The highest BCUT2D eigenvalue weighted by Gasteiger charge is 2.37. The summed E-state index contributed by atoms with van der Waals surface area (Å²) in [6.07, 6.45) is 8.25. The number of hydrogen-bond donors (Lipinski definition) is 1. The zero-order valence-electron chi connectivity index (χ0n) is 12.1. The van der Waals surface area contributed by atoms with Gasteiger partial charge >= 0.3 is 0 Å². The topological polar surface area (TPSA) is 38.5 Å². The van der Waals surface area contributed by atoms with Crippen LogP contribution in [0.3, 0.4) is 0 Å². The molecule has 0 saturated heterocycles. The van der Waals surface area contributed by atoms with E-state index in [-0.39, 0.29) is 0 Å². The number of nitrogens with two attached hydrogens (primary N) is 1. The van der Waals surface area contributed by atoms with Crippen LogP contribution in [0, 0.1) is 11.8 Å². The van der Waals surface area contributed by atoms with Crippen LogP contribution in [-0.2, 0) is 4.74 Å². The minimum atomic E-state index is 0.703. The molecule has 2 fully saturated rings. The SMILES string of the molecule is COCCN(C(C)C1CC1)C1CCCCC1CN. The number of hydrogen-bond acceptors (Lipinski definition) is 3. The van der Waals surface area contributed by atoms with Gasteiger partial charge in [-0.3, -0.25) is 4.90 Å².